The summed E-state index contributed by atoms with van der Waals surface area (Å²) in [6, 6.07) is 14.0. The second-order valence-electron chi connectivity index (χ2n) is 7.45. The third-order valence-corrected chi connectivity index (χ3v) is 5.31. The van der Waals surface area contributed by atoms with Crippen molar-refractivity contribution >= 4 is 28.4 Å². The van der Waals surface area contributed by atoms with E-state index in [4.69, 9.17) is 0 Å². The largest absolute Gasteiger partial charge is 0.328 e. The molecule has 1 aromatic heterocycles. The van der Waals surface area contributed by atoms with Gasteiger partial charge in [0.05, 0.1) is 24.2 Å². The molecule has 6 heteroatoms. The first kappa shape index (κ1) is 17.3. The van der Waals surface area contributed by atoms with Crippen LogP contribution < -0.4 is 5.32 Å². The van der Waals surface area contributed by atoms with Gasteiger partial charge in [-0.25, -0.2) is 0 Å². The number of anilines is 1. The minimum Gasteiger partial charge on any atom is -0.328 e. The Labute approximate surface area is 157 Å². The summed E-state index contributed by atoms with van der Waals surface area (Å²) in [7, 11) is 0. The fourth-order valence-corrected chi connectivity index (χ4v) is 3.92. The number of fused-ring (bicyclic) bond motifs is 2. The molecule has 0 spiro atoms. The summed E-state index contributed by atoms with van der Waals surface area (Å²) in [5.41, 5.74) is 2.17. The Morgan fingerprint density at radius 1 is 1.19 bits per heavy atom. The number of carbonyl (C=O) groups is 2. The maximum atomic E-state index is 12.7. The van der Waals surface area contributed by atoms with Crippen LogP contribution in [-0.2, 0) is 28.1 Å². The molecule has 6 nitrogen and oxygen atoms in total. The van der Waals surface area contributed by atoms with Gasteiger partial charge in [-0.1, -0.05) is 42.5 Å². The molecule has 4 rings (SSSR count). The number of amides is 2. The van der Waals surface area contributed by atoms with Crippen LogP contribution in [0, 0.1) is 0 Å². The van der Waals surface area contributed by atoms with Gasteiger partial charge < -0.3 is 10.2 Å². The van der Waals surface area contributed by atoms with Gasteiger partial charge >= 0.3 is 0 Å². The SMILES string of the molecule is CC(=O)N1Cc2c(n[nH]c2NC(=O)Cc2cccc3ccccc23)C1(C)C. The molecule has 1 aliphatic rings. The minimum atomic E-state index is -0.490. The van der Waals surface area contributed by atoms with E-state index in [1.54, 1.807) is 11.8 Å². The Balaban J connectivity index is 1.56. The molecule has 1 aliphatic heterocycles. The van der Waals surface area contributed by atoms with Crippen molar-refractivity contribution in [3.8, 4) is 0 Å². The van der Waals surface area contributed by atoms with E-state index >= 15 is 0 Å². The minimum absolute atomic E-state index is 0.00830. The number of carbonyl (C=O) groups excluding carboxylic acids is 2. The van der Waals surface area contributed by atoms with Crippen LogP contribution in [0.15, 0.2) is 42.5 Å². The zero-order valence-electron chi connectivity index (χ0n) is 15.7. The molecule has 2 N–H and O–H groups in total. The highest BCUT2D eigenvalue weighted by atomic mass is 16.2. The highest BCUT2D eigenvalue weighted by molar-refractivity contribution is 5.96. The van der Waals surface area contributed by atoms with E-state index in [9.17, 15) is 9.59 Å². The van der Waals surface area contributed by atoms with Crippen molar-refractivity contribution in [2.24, 2.45) is 0 Å². The predicted molar refractivity (Wildman–Crippen MR) is 104 cm³/mol. The summed E-state index contributed by atoms with van der Waals surface area (Å²) in [5, 5.41) is 12.4. The van der Waals surface area contributed by atoms with Crippen LogP contribution in [-0.4, -0.2) is 26.9 Å². The van der Waals surface area contributed by atoms with Gasteiger partial charge in [-0.3, -0.25) is 14.7 Å². The Morgan fingerprint density at radius 2 is 1.93 bits per heavy atom. The van der Waals surface area contributed by atoms with Gasteiger partial charge in [0.1, 0.15) is 5.82 Å². The third kappa shape index (κ3) is 2.87. The molecule has 0 saturated heterocycles. The summed E-state index contributed by atoms with van der Waals surface area (Å²) in [4.78, 5) is 26.4. The predicted octanol–water partition coefficient (Wildman–Crippen LogP) is 3.34. The molecule has 2 aromatic carbocycles. The number of rotatable bonds is 3. The number of nitrogens with one attached hydrogen (secondary N) is 2. The lowest BCUT2D eigenvalue weighted by Crippen LogP contribution is -2.39. The van der Waals surface area contributed by atoms with E-state index in [0.29, 0.717) is 12.4 Å². The molecular weight excluding hydrogens is 340 g/mol. The van der Waals surface area contributed by atoms with E-state index < -0.39 is 5.54 Å². The van der Waals surface area contributed by atoms with Gasteiger partial charge in [0.15, 0.2) is 0 Å². The highest BCUT2D eigenvalue weighted by Crippen LogP contribution is 2.40. The van der Waals surface area contributed by atoms with Crippen molar-refractivity contribution in [3.05, 3.63) is 59.3 Å². The number of benzene rings is 2. The second kappa shape index (κ2) is 6.23. The van der Waals surface area contributed by atoms with Gasteiger partial charge in [0.25, 0.3) is 0 Å². The number of nitrogens with zero attached hydrogens (tertiary/aromatic N) is 2. The van der Waals surface area contributed by atoms with E-state index in [2.05, 4.69) is 15.5 Å². The van der Waals surface area contributed by atoms with Crippen LogP contribution in [0.5, 0.6) is 0 Å². The monoisotopic (exact) mass is 362 g/mol. The van der Waals surface area contributed by atoms with Crippen molar-refractivity contribution in [2.75, 3.05) is 5.32 Å². The zero-order chi connectivity index (χ0) is 19.2. The van der Waals surface area contributed by atoms with Gasteiger partial charge in [0, 0.05) is 12.5 Å². The van der Waals surface area contributed by atoms with Crippen LogP contribution >= 0.6 is 0 Å². The van der Waals surface area contributed by atoms with Crippen LogP contribution in [0.2, 0.25) is 0 Å². The van der Waals surface area contributed by atoms with Gasteiger partial charge in [-0.15, -0.1) is 0 Å². The molecule has 0 saturated carbocycles. The topological polar surface area (TPSA) is 78.1 Å². The van der Waals surface area contributed by atoms with Gasteiger partial charge in [0.2, 0.25) is 11.8 Å². The number of hydrogen-bond acceptors (Lipinski definition) is 3. The molecular formula is C21H22N4O2. The molecule has 0 fully saturated rings. The van der Waals surface area contributed by atoms with Crippen molar-refractivity contribution in [1.29, 1.82) is 0 Å². The molecule has 0 aliphatic carbocycles. The first-order valence-electron chi connectivity index (χ1n) is 9.00. The van der Waals surface area contributed by atoms with E-state index in [-0.39, 0.29) is 18.2 Å². The van der Waals surface area contributed by atoms with Gasteiger partial charge in [-0.2, -0.15) is 5.10 Å². The van der Waals surface area contributed by atoms with Crippen molar-refractivity contribution in [3.63, 3.8) is 0 Å². The van der Waals surface area contributed by atoms with E-state index in [0.717, 1.165) is 27.6 Å². The normalized spacial score (nSPS) is 15.0. The molecule has 3 aromatic rings. The third-order valence-electron chi connectivity index (χ3n) is 5.31. The molecule has 0 bridgehead atoms. The molecule has 2 amide bonds. The van der Waals surface area contributed by atoms with Crippen LogP contribution in [0.1, 0.15) is 37.6 Å². The number of H-pyrrole nitrogens is 1. The zero-order valence-corrected chi connectivity index (χ0v) is 15.7. The lowest BCUT2D eigenvalue weighted by atomic mass is 10.0. The molecule has 0 unspecified atom stereocenters. The molecule has 2 heterocycles. The fourth-order valence-electron chi connectivity index (χ4n) is 3.92. The first-order valence-corrected chi connectivity index (χ1v) is 9.00. The number of hydrogen-bond donors (Lipinski definition) is 2. The Hall–Kier alpha value is -3.15. The second-order valence-corrected chi connectivity index (χ2v) is 7.45. The summed E-state index contributed by atoms with van der Waals surface area (Å²) in [6.07, 6.45) is 0.273. The molecule has 138 valence electrons. The van der Waals surface area contributed by atoms with Crippen LogP contribution in [0.3, 0.4) is 0 Å². The highest BCUT2D eigenvalue weighted by Gasteiger charge is 2.43. The quantitative estimate of drug-likeness (QED) is 0.750. The summed E-state index contributed by atoms with van der Waals surface area (Å²) in [6.45, 7) is 5.92. The molecule has 0 atom stereocenters. The Kier molecular flexibility index (Phi) is 3.98. The first-order chi connectivity index (χ1) is 12.9. The fraction of sp³-hybridized carbons (Fsp3) is 0.286. The maximum Gasteiger partial charge on any atom is 0.229 e. The van der Waals surface area contributed by atoms with Crippen molar-refractivity contribution in [1.82, 2.24) is 15.1 Å². The molecule has 27 heavy (non-hydrogen) atoms. The van der Waals surface area contributed by atoms with Gasteiger partial charge in [-0.05, 0) is 30.2 Å². The summed E-state index contributed by atoms with van der Waals surface area (Å²) in [5.74, 6) is 0.454. The van der Waals surface area contributed by atoms with Crippen LogP contribution in [0.4, 0.5) is 5.82 Å². The van der Waals surface area contributed by atoms with E-state index in [1.165, 1.54) is 0 Å². The number of aromatic amines is 1. The standard InChI is InChI=1S/C21H22N4O2/c1-13(26)25-12-17-19(21(25,2)3)23-24-20(17)22-18(27)11-15-9-6-8-14-7-4-5-10-16(14)15/h4-10H,11-12H2,1-3H3,(H2,22,23,24,27). The maximum absolute atomic E-state index is 12.7. The lowest BCUT2D eigenvalue weighted by molar-refractivity contribution is -0.134. The Morgan fingerprint density at radius 3 is 2.70 bits per heavy atom. The summed E-state index contributed by atoms with van der Waals surface area (Å²) >= 11 is 0. The average Bonchev–Trinajstić information content (AvgIpc) is 3.14. The van der Waals surface area contributed by atoms with Crippen molar-refractivity contribution < 1.29 is 9.59 Å². The molecule has 0 radical (unpaired) electrons. The van der Waals surface area contributed by atoms with E-state index in [1.807, 2.05) is 56.3 Å². The average molecular weight is 362 g/mol. The van der Waals surface area contributed by atoms with Crippen LogP contribution in [0.25, 0.3) is 10.8 Å². The summed E-state index contributed by atoms with van der Waals surface area (Å²) < 4.78 is 0. The number of aromatic nitrogens is 2. The lowest BCUT2D eigenvalue weighted by Gasteiger charge is -2.30. The van der Waals surface area contributed by atoms with Crippen molar-refractivity contribution in [2.45, 2.75) is 39.3 Å². The smallest absolute Gasteiger partial charge is 0.229 e. The Bertz CT molecular complexity index is 1050.